The largest absolute Gasteiger partial charge is 0.356 e. The van der Waals surface area contributed by atoms with Crippen molar-refractivity contribution in [2.24, 2.45) is 5.41 Å². The van der Waals surface area contributed by atoms with Crippen LogP contribution in [0.3, 0.4) is 0 Å². The number of thiophene rings is 1. The lowest BCUT2D eigenvalue weighted by Gasteiger charge is -2.24. The van der Waals surface area contributed by atoms with E-state index in [9.17, 15) is 4.79 Å². The van der Waals surface area contributed by atoms with Crippen LogP contribution in [0.4, 0.5) is 11.5 Å². The van der Waals surface area contributed by atoms with Gasteiger partial charge in [0.05, 0.1) is 5.69 Å². The zero-order chi connectivity index (χ0) is 15.2. The van der Waals surface area contributed by atoms with Gasteiger partial charge >= 0.3 is 0 Å². The summed E-state index contributed by atoms with van der Waals surface area (Å²) in [6.07, 6.45) is 1.72. The number of pyridine rings is 1. The van der Waals surface area contributed by atoms with Gasteiger partial charge in [-0.05, 0) is 36.9 Å². The van der Waals surface area contributed by atoms with Crippen LogP contribution in [0.5, 0.6) is 0 Å². The van der Waals surface area contributed by atoms with E-state index < -0.39 is 0 Å². The van der Waals surface area contributed by atoms with E-state index >= 15 is 0 Å². The monoisotopic (exact) mass is 313 g/mol. The zero-order valence-electron chi connectivity index (χ0n) is 12.7. The van der Waals surface area contributed by atoms with E-state index in [0.29, 0.717) is 6.42 Å². The molecule has 1 spiro atoms. The Labute approximate surface area is 134 Å². The Morgan fingerprint density at radius 2 is 2.18 bits per heavy atom. The fraction of sp³-hybridized carbons (Fsp3) is 0.412. The molecule has 0 aromatic carbocycles. The molecule has 2 fully saturated rings. The molecule has 2 aromatic heterocycles. The van der Waals surface area contributed by atoms with Crippen molar-refractivity contribution >= 4 is 28.7 Å². The summed E-state index contributed by atoms with van der Waals surface area (Å²) >= 11 is 1.64. The van der Waals surface area contributed by atoms with E-state index in [4.69, 9.17) is 0 Å². The molecular formula is C17H19N3OS. The Morgan fingerprint density at radius 3 is 2.95 bits per heavy atom. The van der Waals surface area contributed by atoms with Gasteiger partial charge in [-0.25, -0.2) is 4.98 Å². The minimum absolute atomic E-state index is 0.0877. The van der Waals surface area contributed by atoms with Gasteiger partial charge in [0.1, 0.15) is 5.82 Å². The third-order valence-electron chi connectivity index (χ3n) is 4.77. The first-order chi connectivity index (χ1) is 10.7. The highest BCUT2D eigenvalue weighted by atomic mass is 32.1. The molecule has 2 aromatic rings. The van der Waals surface area contributed by atoms with Crippen LogP contribution in [-0.2, 0) is 4.79 Å². The van der Waals surface area contributed by atoms with Crippen molar-refractivity contribution < 1.29 is 4.79 Å². The van der Waals surface area contributed by atoms with E-state index in [0.717, 1.165) is 43.3 Å². The summed E-state index contributed by atoms with van der Waals surface area (Å²) in [5.41, 5.74) is 2.18. The third-order valence-corrected chi connectivity index (χ3v) is 5.45. The molecule has 0 unspecified atom stereocenters. The van der Waals surface area contributed by atoms with Gasteiger partial charge in [-0.1, -0.05) is 6.07 Å². The maximum Gasteiger partial charge on any atom is 0.227 e. The molecule has 114 valence electrons. The quantitative estimate of drug-likeness (QED) is 0.855. The topological polar surface area (TPSA) is 36.4 Å². The number of hydrogen-bond acceptors (Lipinski definition) is 4. The molecular weight excluding hydrogens is 294 g/mol. The van der Waals surface area contributed by atoms with E-state index in [2.05, 4.69) is 27.4 Å². The Hall–Kier alpha value is -1.88. The second kappa shape index (κ2) is 5.09. The van der Waals surface area contributed by atoms with Crippen LogP contribution in [0.1, 0.15) is 18.5 Å². The molecule has 0 bridgehead atoms. The maximum atomic E-state index is 12.4. The highest BCUT2D eigenvalue weighted by Crippen LogP contribution is 2.43. The fourth-order valence-electron chi connectivity index (χ4n) is 3.65. The summed E-state index contributed by atoms with van der Waals surface area (Å²) in [7, 11) is 0. The standard InChI is InChI=1S/C17H19N3OS/c1-13-3-2-4-15(18-13)19-7-6-17(11-19)9-16(21)20(12-17)14-5-8-22-10-14/h2-5,8,10H,6-7,9,11-12H2,1H3/t17-/m0/s1. The van der Waals surface area contributed by atoms with Crippen molar-refractivity contribution in [1.29, 1.82) is 0 Å². The Balaban J connectivity index is 1.54. The van der Waals surface area contributed by atoms with Gasteiger partial charge in [0.25, 0.3) is 0 Å². The zero-order valence-corrected chi connectivity index (χ0v) is 13.5. The minimum Gasteiger partial charge on any atom is -0.356 e. The van der Waals surface area contributed by atoms with Gasteiger partial charge in [-0.15, -0.1) is 0 Å². The summed E-state index contributed by atoms with van der Waals surface area (Å²) in [5.74, 6) is 1.30. The average molecular weight is 313 g/mol. The lowest BCUT2D eigenvalue weighted by Crippen LogP contribution is -2.31. The lowest BCUT2D eigenvalue weighted by molar-refractivity contribution is -0.117. The third kappa shape index (κ3) is 2.29. The van der Waals surface area contributed by atoms with E-state index in [1.54, 1.807) is 11.3 Å². The lowest BCUT2D eigenvalue weighted by atomic mass is 9.86. The molecule has 1 amide bonds. The van der Waals surface area contributed by atoms with Crippen molar-refractivity contribution in [3.8, 4) is 0 Å². The van der Waals surface area contributed by atoms with Gasteiger partial charge in [-0.2, -0.15) is 11.3 Å². The normalized spacial score (nSPS) is 24.7. The number of anilines is 2. The van der Waals surface area contributed by atoms with Crippen LogP contribution in [0.2, 0.25) is 0 Å². The molecule has 0 N–H and O–H groups in total. The average Bonchev–Trinajstić information content (AvgIpc) is 3.20. The first-order valence-corrected chi connectivity index (χ1v) is 8.61. The van der Waals surface area contributed by atoms with Crippen LogP contribution in [0.15, 0.2) is 35.0 Å². The number of carbonyl (C=O) groups is 1. The number of aryl methyl sites for hydroxylation is 1. The Kier molecular flexibility index (Phi) is 3.18. The summed E-state index contributed by atoms with van der Waals surface area (Å²) in [5, 5.41) is 4.09. The van der Waals surface area contributed by atoms with Gasteiger partial charge in [0.2, 0.25) is 5.91 Å². The van der Waals surface area contributed by atoms with Gasteiger partial charge in [0, 0.05) is 42.5 Å². The number of amides is 1. The summed E-state index contributed by atoms with van der Waals surface area (Å²) in [6, 6.07) is 8.18. The molecule has 1 atom stereocenters. The highest BCUT2D eigenvalue weighted by Gasteiger charge is 2.48. The molecule has 0 radical (unpaired) electrons. The Morgan fingerprint density at radius 1 is 1.27 bits per heavy atom. The van der Waals surface area contributed by atoms with Crippen molar-refractivity contribution in [3.63, 3.8) is 0 Å². The van der Waals surface area contributed by atoms with Crippen LogP contribution in [-0.4, -0.2) is 30.5 Å². The highest BCUT2D eigenvalue weighted by molar-refractivity contribution is 7.08. The van der Waals surface area contributed by atoms with Crippen molar-refractivity contribution in [2.45, 2.75) is 19.8 Å². The molecule has 2 saturated heterocycles. The number of nitrogens with zero attached hydrogens (tertiary/aromatic N) is 3. The number of rotatable bonds is 2. The number of carbonyl (C=O) groups excluding carboxylic acids is 1. The maximum absolute atomic E-state index is 12.4. The molecule has 5 heteroatoms. The van der Waals surface area contributed by atoms with Crippen LogP contribution < -0.4 is 9.80 Å². The van der Waals surface area contributed by atoms with Gasteiger partial charge in [-0.3, -0.25) is 4.79 Å². The van der Waals surface area contributed by atoms with Crippen LogP contribution in [0, 0.1) is 12.3 Å². The molecule has 4 rings (SSSR count). The Bertz CT molecular complexity index is 700. The van der Waals surface area contributed by atoms with Crippen molar-refractivity contribution in [3.05, 3.63) is 40.7 Å². The predicted molar refractivity (Wildman–Crippen MR) is 89.5 cm³/mol. The second-order valence-corrected chi connectivity index (χ2v) is 7.23. The number of hydrogen-bond donors (Lipinski definition) is 0. The molecule has 4 heterocycles. The van der Waals surface area contributed by atoms with E-state index in [-0.39, 0.29) is 11.3 Å². The van der Waals surface area contributed by atoms with Gasteiger partial charge < -0.3 is 9.80 Å². The van der Waals surface area contributed by atoms with E-state index in [1.807, 2.05) is 29.3 Å². The summed E-state index contributed by atoms with van der Waals surface area (Å²) in [6.45, 7) is 4.77. The first kappa shape index (κ1) is 13.8. The van der Waals surface area contributed by atoms with E-state index in [1.165, 1.54) is 0 Å². The molecule has 0 saturated carbocycles. The number of aromatic nitrogens is 1. The van der Waals surface area contributed by atoms with Gasteiger partial charge in [0.15, 0.2) is 0 Å². The summed E-state index contributed by atoms with van der Waals surface area (Å²) in [4.78, 5) is 21.3. The van der Waals surface area contributed by atoms with Crippen molar-refractivity contribution in [1.82, 2.24) is 4.98 Å². The minimum atomic E-state index is 0.0877. The molecule has 2 aliphatic rings. The molecule has 0 aliphatic carbocycles. The molecule has 2 aliphatic heterocycles. The smallest absolute Gasteiger partial charge is 0.227 e. The van der Waals surface area contributed by atoms with Crippen LogP contribution >= 0.6 is 11.3 Å². The second-order valence-electron chi connectivity index (χ2n) is 6.45. The predicted octanol–water partition coefficient (Wildman–Crippen LogP) is 3.08. The summed E-state index contributed by atoms with van der Waals surface area (Å²) < 4.78 is 0. The SMILES string of the molecule is Cc1cccc(N2CC[C@]3(CC(=O)N(c4ccsc4)C3)C2)n1. The molecule has 4 nitrogen and oxygen atoms in total. The fourth-order valence-corrected chi connectivity index (χ4v) is 4.29. The van der Waals surface area contributed by atoms with Crippen molar-refractivity contribution in [2.75, 3.05) is 29.4 Å². The van der Waals surface area contributed by atoms with Crippen LogP contribution in [0.25, 0.3) is 0 Å². The first-order valence-electron chi connectivity index (χ1n) is 7.66. The molecule has 22 heavy (non-hydrogen) atoms.